The van der Waals surface area contributed by atoms with Crippen molar-refractivity contribution in [3.8, 4) is 0 Å². The fourth-order valence-corrected chi connectivity index (χ4v) is 2.38. The maximum absolute atomic E-state index is 12.3. The van der Waals surface area contributed by atoms with Gasteiger partial charge in [0.15, 0.2) is 0 Å². The van der Waals surface area contributed by atoms with E-state index in [-0.39, 0.29) is 5.91 Å². The highest BCUT2D eigenvalue weighted by Gasteiger charge is 2.19. The second-order valence-electron chi connectivity index (χ2n) is 4.94. The molecular formula is C14H18ClN5O. The van der Waals surface area contributed by atoms with Crippen molar-refractivity contribution in [2.24, 2.45) is 12.8 Å². The Hall–Kier alpha value is -2.05. The lowest BCUT2D eigenvalue weighted by molar-refractivity contribution is -0.117. The van der Waals surface area contributed by atoms with E-state index >= 15 is 0 Å². The molecule has 0 radical (unpaired) electrons. The number of rotatable bonds is 4. The minimum Gasteiger partial charge on any atom is -0.375 e. The summed E-state index contributed by atoms with van der Waals surface area (Å²) in [5, 5.41) is 7.39. The zero-order valence-corrected chi connectivity index (χ0v) is 12.9. The van der Waals surface area contributed by atoms with Gasteiger partial charge in [-0.05, 0) is 12.1 Å². The molecule has 3 N–H and O–H groups in total. The van der Waals surface area contributed by atoms with Crippen LogP contribution in [-0.2, 0) is 11.8 Å². The summed E-state index contributed by atoms with van der Waals surface area (Å²) in [6.45, 7) is 0. The molecule has 0 aliphatic heterocycles. The molecular weight excluding hydrogens is 290 g/mol. The summed E-state index contributed by atoms with van der Waals surface area (Å²) in [6.07, 6.45) is 3.30. The zero-order valence-electron chi connectivity index (χ0n) is 12.2. The van der Waals surface area contributed by atoms with Crippen molar-refractivity contribution in [3.63, 3.8) is 0 Å². The molecule has 1 unspecified atom stereocenters. The molecule has 0 saturated heterocycles. The van der Waals surface area contributed by atoms with Gasteiger partial charge in [0.05, 0.1) is 22.6 Å². The molecule has 6 nitrogen and oxygen atoms in total. The summed E-state index contributed by atoms with van der Waals surface area (Å²) in [6, 6.07) is 4.55. The number of anilines is 2. The summed E-state index contributed by atoms with van der Waals surface area (Å²) in [7, 11) is 5.49. The maximum Gasteiger partial charge on any atom is 0.246 e. The SMILES string of the molecule is CN(C)c1c(Cl)cccc1NC(=O)C(N)c1cnn(C)c1. The predicted octanol–water partition coefficient (Wildman–Crippen LogP) is 1.78. The average Bonchev–Trinajstić information content (AvgIpc) is 2.84. The largest absolute Gasteiger partial charge is 0.375 e. The first-order chi connectivity index (χ1) is 9.90. The van der Waals surface area contributed by atoms with Crippen LogP contribution in [0.25, 0.3) is 0 Å². The van der Waals surface area contributed by atoms with Crippen molar-refractivity contribution >= 4 is 28.9 Å². The van der Waals surface area contributed by atoms with Gasteiger partial charge in [0.1, 0.15) is 6.04 Å². The molecule has 0 aliphatic rings. The summed E-state index contributed by atoms with van der Waals surface area (Å²) < 4.78 is 1.60. The van der Waals surface area contributed by atoms with Crippen LogP contribution in [0.5, 0.6) is 0 Å². The molecule has 0 aliphatic carbocycles. The van der Waals surface area contributed by atoms with Crippen molar-refractivity contribution in [1.29, 1.82) is 0 Å². The third-order valence-electron chi connectivity index (χ3n) is 3.06. The van der Waals surface area contributed by atoms with Gasteiger partial charge in [0.2, 0.25) is 5.91 Å². The average molecular weight is 308 g/mol. The van der Waals surface area contributed by atoms with Crippen LogP contribution in [0.15, 0.2) is 30.6 Å². The Morgan fingerprint density at radius 3 is 2.76 bits per heavy atom. The standard InChI is InChI=1S/C14H18ClN5O/c1-19(2)13-10(15)5-4-6-11(13)18-14(21)12(16)9-7-17-20(3)8-9/h4-8,12H,16H2,1-3H3,(H,18,21). The van der Waals surface area contributed by atoms with Crippen molar-refractivity contribution in [1.82, 2.24) is 9.78 Å². The number of aromatic nitrogens is 2. The zero-order chi connectivity index (χ0) is 15.6. The van der Waals surface area contributed by atoms with Gasteiger partial charge in [-0.25, -0.2) is 0 Å². The molecule has 0 bridgehead atoms. The minimum atomic E-state index is -0.785. The Balaban J connectivity index is 2.22. The van der Waals surface area contributed by atoms with Gasteiger partial charge in [-0.1, -0.05) is 17.7 Å². The van der Waals surface area contributed by atoms with E-state index < -0.39 is 6.04 Å². The van der Waals surface area contributed by atoms with Gasteiger partial charge >= 0.3 is 0 Å². The number of aryl methyl sites for hydroxylation is 1. The van der Waals surface area contributed by atoms with Crippen molar-refractivity contribution < 1.29 is 4.79 Å². The highest BCUT2D eigenvalue weighted by Crippen LogP contribution is 2.32. The summed E-state index contributed by atoms with van der Waals surface area (Å²) >= 11 is 6.17. The van der Waals surface area contributed by atoms with Crippen molar-refractivity contribution in [3.05, 3.63) is 41.2 Å². The molecule has 112 valence electrons. The van der Waals surface area contributed by atoms with E-state index in [1.54, 1.807) is 42.3 Å². The van der Waals surface area contributed by atoms with E-state index in [1.807, 2.05) is 19.0 Å². The quantitative estimate of drug-likeness (QED) is 0.902. The number of carbonyl (C=O) groups excluding carboxylic acids is 1. The maximum atomic E-state index is 12.3. The summed E-state index contributed by atoms with van der Waals surface area (Å²) in [5.41, 5.74) is 7.97. The molecule has 1 atom stereocenters. The van der Waals surface area contributed by atoms with Crippen molar-refractivity contribution in [2.75, 3.05) is 24.3 Å². The Morgan fingerprint density at radius 1 is 1.48 bits per heavy atom. The van der Waals surface area contributed by atoms with Crippen LogP contribution in [0.3, 0.4) is 0 Å². The van der Waals surface area contributed by atoms with Gasteiger partial charge in [-0.2, -0.15) is 5.10 Å². The number of nitrogens with one attached hydrogen (secondary N) is 1. The molecule has 7 heteroatoms. The third-order valence-corrected chi connectivity index (χ3v) is 3.36. The Labute approximate surface area is 128 Å². The number of para-hydroxylation sites is 1. The lowest BCUT2D eigenvalue weighted by atomic mass is 10.1. The first-order valence-electron chi connectivity index (χ1n) is 6.41. The molecule has 1 heterocycles. The first-order valence-corrected chi connectivity index (χ1v) is 6.78. The Morgan fingerprint density at radius 2 is 2.19 bits per heavy atom. The number of amides is 1. The number of carbonyl (C=O) groups is 1. The Bertz CT molecular complexity index is 653. The van der Waals surface area contributed by atoms with Crippen LogP contribution in [0.4, 0.5) is 11.4 Å². The number of benzene rings is 1. The van der Waals surface area contributed by atoms with Crippen LogP contribution in [0.2, 0.25) is 5.02 Å². The van der Waals surface area contributed by atoms with E-state index in [4.69, 9.17) is 17.3 Å². The number of nitrogens with two attached hydrogens (primary N) is 1. The molecule has 0 saturated carbocycles. The van der Waals surface area contributed by atoms with Gasteiger partial charge in [0.25, 0.3) is 0 Å². The molecule has 0 spiro atoms. The van der Waals surface area contributed by atoms with E-state index in [2.05, 4.69) is 10.4 Å². The minimum absolute atomic E-state index is 0.312. The first kappa shape index (κ1) is 15.3. The number of nitrogens with zero attached hydrogens (tertiary/aromatic N) is 3. The fraction of sp³-hybridized carbons (Fsp3) is 0.286. The lowest BCUT2D eigenvalue weighted by Crippen LogP contribution is -2.28. The number of halogens is 1. The van der Waals surface area contributed by atoms with E-state index in [1.165, 1.54) is 0 Å². The molecule has 2 aromatic rings. The highest BCUT2D eigenvalue weighted by molar-refractivity contribution is 6.34. The Kier molecular flexibility index (Phi) is 4.50. The van der Waals surface area contributed by atoms with E-state index in [0.29, 0.717) is 16.3 Å². The van der Waals surface area contributed by atoms with Crippen LogP contribution in [-0.4, -0.2) is 29.8 Å². The van der Waals surface area contributed by atoms with Crippen LogP contribution in [0, 0.1) is 0 Å². The van der Waals surface area contributed by atoms with E-state index in [9.17, 15) is 4.79 Å². The fourth-order valence-electron chi connectivity index (χ4n) is 2.03. The highest BCUT2D eigenvalue weighted by atomic mass is 35.5. The van der Waals surface area contributed by atoms with Gasteiger partial charge in [0, 0.05) is 32.9 Å². The molecule has 2 rings (SSSR count). The molecule has 1 amide bonds. The topological polar surface area (TPSA) is 76.2 Å². The molecule has 1 aromatic carbocycles. The van der Waals surface area contributed by atoms with E-state index in [0.717, 1.165) is 5.69 Å². The predicted molar refractivity (Wildman–Crippen MR) is 84.5 cm³/mol. The monoisotopic (exact) mass is 307 g/mol. The van der Waals surface area contributed by atoms with Crippen LogP contribution < -0.4 is 16.0 Å². The number of hydrogen-bond donors (Lipinski definition) is 2. The number of hydrogen-bond acceptors (Lipinski definition) is 4. The normalized spacial score (nSPS) is 12.0. The molecule has 1 aromatic heterocycles. The molecule has 21 heavy (non-hydrogen) atoms. The second kappa shape index (κ2) is 6.15. The van der Waals surface area contributed by atoms with Crippen LogP contribution in [0.1, 0.15) is 11.6 Å². The van der Waals surface area contributed by atoms with Crippen LogP contribution >= 0.6 is 11.6 Å². The van der Waals surface area contributed by atoms with Gasteiger partial charge in [-0.3, -0.25) is 9.48 Å². The summed E-state index contributed by atoms with van der Waals surface area (Å²) in [4.78, 5) is 14.1. The molecule has 0 fully saturated rings. The third kappa shape index (κ3) is 3.34. The lowest BCUT2D eigenvalue weighted by Gasteiger charge is -2.20. The van der Waals surface area contributed by atoms with Crippen molar-refractivity contribution in [2.45, 2.75) is 6.04 Å². The van der Waals surface area contributed by atoms with Gasteiger partial charge in [-0.15, -0.1) is 0 Å². The smallest absolute Gasteiger partial charge is 0.246 e. The summed E-state index contributed by atoms with van der Waals surface area (Å²) in [5.74, 6) is -0.312. The van der Waals surface area contributed by atoms with Gasteiger partial charge < -0.3 is 16.0 Å². The second-order valence-corrected chi connectivity index (χ2v) is 5.35.